The molecule has 6 heavy (non-hydrogen) atoms. The Hall–Kier alpha value is 0.905. The van der Waals surface area contributed by atoms with E-state index in [0.29, 0.717) is 21.6 Å². The first-order valence-electron chi connectivity index (χ1n) is 1.75. The molecule has 0 aliphatic carbocycles. The van der Waals surface area contributed by atoms with E-state index in [1.165, 1.54) is 0 Å². The number of rotatable bonds is 0. The summed E-state index contributed by atoms with van der Waals surface area (Å²) in [5.74, 6) is 0. The molecule has 0 heterocycles. The maximum absolute atomic E-state index is 3.51. The summed E-state index contributed by atoms with van der Waals surface area (Å²) in [6.45, 7) is 2.04. The van der Waals surface area contributed by atoms with Gasteiger partial charge in [0.1, 0.15) is 0 Å². The molecule has 2 radical (unpaired) electrons. The molecule has 0 aliphatic heterocycles. The Balaban J connectivity index is 0. The van der Waals surface area contributed by atoms with Crippen LogP contribution < -0.4 is 0 Å². The Labute approximate surface area is 53.3 Å². The van der Waals surface area contributed by atoms with Crippen LogP contribution in [0.5, 0.6) is 0 Å². The summed E-state index contributed by atoms with van der Waals surface area (Å²) in [4.78, 5) is 4.55. The Kier molecular flexibility index (Phi) is 28.1. The van der Waals surface area contributed by atoms with Gasteiger partial charge in [0.15, 0.2) is 0 Å². The molecule has 0 aliphatic rings. The van der Waals surface area contributed by atoms with Gasteiger partial charge in [-0.05, 0) is 0 Å². The van der Waals surface area contributed by atoms with E-state index in [9.17, 15) is 0 Å². The average Bonchev–Trinajstić information content (AvgIpc) is 1.39. The predicted molar refractivity (Wildman–Crippen MR) is 36.2 cm³/mol. The van der Waals surface area contributed by atoms with Crippen LogP contribution in [0.25, 0.3) is 0 Å². The van der Waals surface area contributed by atoms with Crippen molar-refractivity contribution in [1.82, 2.24) is 0 Å². The molecule has 0 rings (SSSR count). The summed E-state index contributed by atoms with van der Waals surface area (Å²) in [6, 6.07) is 0. The fourth-order valence-electron chi connectivity index (χ4n) is 0. The maximum atomic E-state index is 3.51. The Bertz CT molecular complexity index is 21.5. The van der Waals surface area contributed by atoms with Gasteiger partial charge in [0.2, 0.25) is 0 Å². The quantitative estimate of drug-likeness (QED) is 0.521. The third kappa shape index (κ3) is 91.3. The molecule has 0 saturated heterocycles. The second kappa shape index (κ2) is 16.8. The fourth-order valence-corrected chi connectivity index (χ4v) is 0. The molecule has 0 fully saturated rings. The van der Waals surface area contributed by atoms with Gasteiger partial charge in [0, 0.05) is 9.13 Å². The summed E-state index contributed by atoms with van der Waals surface area (Å²) in [7, 11) is 0.833. The van der Waals surface area contributed by atoms with Crippen LogP contribution in [-0.2, 0) is 0 Å². The van der Waals surface area contributed by atoms with Crippen molar-refractivity contribution in [3.8, 4) is 0 Å². The molecule has 36 valence electrons. The van der Waals surface area contributed by atoms with Crippen LogP contribution >= 0.6 is 0 Å². The molecule has 0 bridgehead atoms. The molecule has 0 spiro atoms. The summed E-state index contributed by atoms with van der Waals surface area (Å²) >= 11 is 0.350. The van der Waals surface area contributed by atoms with Gasteiger partial charge >= 0.3 is 31.4 Å². The van der Waals surface area contributed by atoms with Gasteiger partial charge in [-0.3, -0.25) is 0 Å². The van der Waals surface area contributed by atoms with Crippen molar-refractivity contribution < 1.29 is 0 Å². The van der Waals surface area contributed by atoms with Crippen LogP contribution in [0.4, 0.5) is 0 Å². The van der Waals surface area contributed by atoms with Gasteiger partial charge in [-0.1, -0.05) is 6.55 Å². The average molecular weight is 209 g/mol. The Morgan fingerprint density at radius 1 is 1.50 bits per heavy atom. The van der Waals surface area contributed by atoms with Crippen molar-refractivity contribution in [2.45, 2.75) is 16.3 Å². The van der Waals surface area contributed by atoms with E-state index in [1.807, 2.05) is 6.55 Å². The van der Waals surface area contributed by atoms with Crippen molar-refractivity contribution in [1.29, 1.82) is 0 Å². The molecule has 0 N–H and O–H groups in total. The van der Waals surface area contributed by atoms with Crippen LogP contribution in [0.15, 0.2) is 0 Å². The molecule has 0 aromatic heterocycles. The summed E-state index contributed by atoms with van der Waals surface area (Å²) in [5, 5.41) is 0. The zero-order valence-corrected chi connectivity index (χ0v) is 8.21. The summed E-state index contributed by atoms with van der Waals surface area (Å²) in [5.41, 5.74) is 0. The number of hydrogen-bond donors (Lipinski definition) is 0. The molecular formula is C4H11SbSi. The second-order valence-corrected chi connectivity index (χ2v) is 4.06. The molecule has 2 heteroatoms. The van der Waals surface area contributed by atoms with Crippen molar-refractivity contribution in [3.05, 3.63) is 0 Å². The summed E-state index contributed by atoms with van der Waals surface area (Å²) in [6.07, 6.45) is 3.51. The van der Waals surface area contributed by atoms with E-state index in [2.05, 4.69) is 15.9 Å². The summed E-state index contributed by atoms with van der Waals surface area (Å²) < 4.78 is 0. The molecule has 0 nitrogen and oxygen atoms in total. The molecule has 0 aromatic rings. The van der Waals surface area contributed by atoms with Gasteiger partial charge in [-0.25, -0.2) is 0 Å². The third-order valence-corrected chi connectivity index (χ3v) is 0. The van der Waals surface area contributed by atoms with Gasteiger partial charge in [0.25, 0.3) is 0 Å². The zero-order chi connectivity index (χ0) is 5.41. The number of hydrogen-bond acceptors (Lipinski definition) is 0. The molecule has 0 amide bonds. The van der Waals surface area contributed by atoms with E-state index in [4.69, 9.17) is 0 Å². The molecule has 0 saturated carbocycles. The first kappa shape index (κ1) is 10.0. The van der Waals surface area contributed by atoms with Crippen LogP contribution in [-0.4, -0.2) is 36.9 Å². The SMILES string of the molecule is C=[Si]C.[CH3][Sb][CH3]. The van der Waals surface area contributed by atoms with Crippen LogP contribution in [0.1, 0.15) is 0 Å². The normalized spacial score (nSPS) is 5.17. The van der Waals surface area contributed by atoms with E-state index < -0.39 is 0 Å². The molecule has 0 aromatic carbocycles. The third-order valence-electron chi connectivity index (χ3n) is 0. The zero-order valence-electron chi connectivity index (χ0n) is 4.65. The minimum absolute atomic E-state index is 0.350. The monoisotopic (exact) mass is 208 g/mol. The van der Waals surface area contributed by atoms with Crippen molar-refractivity contribution >= 4 is 36.9 Å². The van der Waals surface area contributed by atoms with Crippen LogP contribution in [0.2, 0.25) is 16.3 Å². The van der Waals surface area contributed by atoms with E-state index >= 15 is 0 Å². The first-order chi connectivity index (χ1) is 2.83. The van der Waals surface area contributed by atoms with Crippen LogP contribution in [0, 0.1) is 0 Å². The Morgan fingerprint density at radius 3 is 1.50 bits per heavy atom. The topological polar surface area (TPSA) is 0 Å². The predicted octanol–water partition coefficient (Wildman–Crippen LogP) is 0.957. The fraction of sp³-hybridized carbons (Fsp3) is 0.750. The van der Waals surface area contributed by atoms with Crippen molar-refractivity contribution in [3.63, 3.8) is 0 Å². The minimum atomic E-state index is 0.350. The van der Waals surface area contributed by atoms with E-state index in [-0.39, 0.29) is 0 Å². The first-order valence-corrected chi connectivity index (χ1v) is 8.56. The second-order valence-electron chi connectivity index (χ2n) is 0.801. The van der Waals surface area contributed by atoms with Crippen molar-refractivity contribution in [2.75, 3.05) is 0 Å². The molecule has 0 atom stereocenters. The van der Waals surface area contributed by atoms with E-state index in [1.54, 1.807) is 0 Å². The van der Waals surface area contributed by atoms with Gasteiger partial charge in [-0.2, -0.15) is 0 Å². The Morgan fingerprint density at radius 2 is 1.50 bits per heavy atom. The van der Waals surface area contributed by atoms with Gasteiger partial charge < -0.3 is 0 Å². The van der Waals surface area contributed by atoms with Crippen molar-refractivity contribution in [2.24, 2.45) is 0 Å². The van der Waals surface area contributed by atoms with Gasteiger partial charge in [-0.15, -0.1) is 6.17 Å². The standard InChI is InChI=1S/C2H5Si.2CH3.Sb/c1-3-2;;;/h1H2,2H3;2*1H3;. The van der Waals surface area contributed by atoms with Gasteiger partial charge in [0.05, 0.1) is 0 Å². The van der Waals surface area contributed by atoms with Crippen LogP contribution in [0.3, 0.4) is 0 Å². The van der Waals surface area contributed by atoms with E-state index in [0.717, 1.165) is 9.13 Å². The molecular weight excluding hydrogens is 198 g/mol. The molecule has 0 unspecified atom stereocenters.